The number of benzene rings is 1. The van der Waals surface area contributed by atoms with Gasteiger partial charge in [0, 0.05) is 6.07 Å². The number of nitrogens with two attached hydrogens (primary N) is 1. The maximum Gasteiger partial charge on any atom is 0.240 e. The van der Waals surface area contributed by atoms with Crippen molar-refractivity contribution in [1.29, 1.82) is 0 Å². The third-order valence-corrected chi connectivity index (χ3v) is 4.02. The third-order valence-electron chi connectivity index (χ3n) is 2.88. The highest BCUT2D eigenvalue weighted by molar-refractivity contribution is 7.16. The standard InChI is InChI=1S/C13H12ClN5OS/c1-20-7-2-3-9(14)10(6-7)16-11-8-4-5-21-12(8)18-13(17-11)19-15/h2-6H,15H2,1H3,(H2,16,17,18,19). The molecular formula is C13H12ClN5OS. The number of nitrogen functional groups attached to an aromatic ring is 1. The molecule has 0 radical (unpaired) electrons. The number of methoxy groups -OCH3 is 1. The number of halogens is 1. The zero-order chi connectivity index (χ0) is 14.8. The van der Waals surface area contributed by atoms with Crippen molar-refractivity contribution in [3.8, 4) is 5.75 Å². The minimum Gasteiger partial charge on any atom is -0.497 e. The summed E-state index contributed by atoms with van der Waals surface area (Å²) >= 11 is 7.71. The number of thiophene rings is 1. The largest absolute Gasteiger partial charge is 0.497 e. The third kappa shape index (κ3) is 2.71. The topological polar surface area (TPSA) is 85.1 Å². The molecule has 0 spiro atoms. The molecule has 0 amide bonds. The molecule has 6 nitrogen and oxygen atoms in total. The van der Waals surface area contributed by atoms with Crippen LogP contribution in [-0.4, -0.2) is 17.1 Å². The highest BCUT2D eigenvalue weighted by Gasteiger charge is 2.11. The van der Waals surface area contributed by atoms with Crippen molar-refractivity contribution < 1.29 is 4.74 Å². The summed E-state index contributed by atoms with van der Waals surface area (Å²) in [6, 6.07) is 7.30. The van der Waals surface area contributed by atoms with Crippen LogP contribution in [0.2, 0.25) is 5.02 Å². The average molecular weight is 322 g/mol. The lowest BCUT2D eigenvalue weighted by atomic mass is 10.3. The van der Waals surface area contributed by atoms with Crippen LogP contribution in [0.3, 0.4) is 0 Å². The predicted octanol–water partition coefficient (Wildman–Crippen LogP) is 3.38. The number of hydrogen-bond donors (Lipinski definition) is 3. The molecule has 0 fully saturated rings. The summed E-state index contributed by atoms with van der Waals surface area (Å²) in [4.78, 5) is 9.45. The average Bonchev–Trinajstić information content (AvgIpc) is 2.98. The van der Waals surface area contributed by atoms with Gasteiger partial charge in [0.25, 0.3) is 0 Å². The zero-order valence-corrected chi connectivity index (χ0v) is 12.6. The van der Waals surface area contributed by atoms with Gasteiger partial charge in [-0.1, -0.05) is 11.6 Å². The highest BCUT2D eigenvalue weighted by Crippen LogP contribution is 2.33. The van der Waals surface area contributed by atoms with E-state index in [1.54, 1.807) is 25.3 Å². The molecule has 1 aromatic carbocycles. The fourth-order valence-electron chi connectivity index (χ4n) is 1.87. The van der Waals surface area contributed by atoms with Gasteiger partial charge >= 0.3 is 0 Å². The minimum atomic E-state index is 0.339. The first-order valence-corrected chi connectivity index (χ1v) is 7.29. The summed E-state index contributed by atoms with van der Waals surface area (Å²) in [7, 11) is 1.60. The quantitative estimate of drug-likeness (QED) is 0.504. The van der Waals surface area contributed by atoms with E-state index in [4.69, 9.17) is 22.2 Å². The van der Waals surface area contributed by atoms with Crippen LogP contribution in [-0.2, 0) is 0 Å². The molecule has 2 heterocycles. The van der Waals surface area contributed by atoms with Crippen LogP contribution in [0.1, 0.15) is 0 Å². The SMILES string of the molecule is COc1ccc(Cl)c(Nc2nc(NN)nc3sccc23)c1. The highest BCUT2D eigenvalue weighted by atomic mass is 35.5. The Balaban J connectivity index is 2.07. The lowest BCUT2D eigenvalue weighted by molar-refractivity contribution is 0.415. The molecule has 0 atom stereocenters. The Bertz CT molecular complexity index is 791. The van der Waals surface area contributed by atoms with Gasteiger partial charge in [-0.2, -0.15) is 4.98 Å². The molecule has 0 saturated carbocycles. The molecule has 0 aliphatic heterocycles. The number of ether oxygens (including phenoxy) is 1. The Morgan fingerprint density at radius 2 is 2.14 bits per heavy atom. The van der Waals surface area contributed by atoms with Gasteiger partial charge in [-0.15, -0.1) is 11.3 Å². The zero-order valence-electron chi connectivity index (χ0n) is 11.1. The first-order chi connectivity index (χ1) is 10.2. The van der Waals surface area contributed by atoms with Crippen LogP contribution in [0.25, 0.3) is 10.2 Å². The number of anilines is 3. The number of rotatable bonds is 4. The van der Waals surface area contributed by atoms with E-state index >= 15 is 0 Å². The molecule has 8 heteroatoms. The number of nitrogens with zero attached hydrogens (tertiary/aromatic N) is 2. The summed E-state index contributed by atoms with van der Waals surface area (Å²) in [5.74, 6) is 7.07. The molecule has 0 aliphatic rings. The van der Waals surface area contributed by atoms with Gasteiger partial charge in [0.2, 0.25) is 5.95 Å². The van der Waals surface area contributed by atoms with E-state index in [0.717, 1.165) is 10.2 Å². The fraction of sp³-hybridized carbons (Fsp3) is 0.0769. The summed E-state index contributed by atoms with van der Waals surface area (Å²) < 4.78 is 5.20. The van der Waals surface area contributed by atoms with E-state index in [-0.39, 0.29) is 0 Å². The number of nitrogens with one attached hydrogen (secondary N) is 2. The smallest absolute Gasteiger partial charge is 0.240 e. The summed E-state index contributed by atoms with van der Waals surface area (Å²) in [5.41, 5.74) is 3.16. The Morgan fingerprint density at radius 1 is 1.29 bits per heavy atom. The summed E-state index contributed by atoms with van der Waals surface area (Å²) in [6.07, 6.45) is 0. The summed E-state index contributed by atoms with van der Waals surface area (Å²) in [6.45, 7) is 0. The first kappa shape index (κ1) is 13.9. The summed E-state index contributed by atoms with van der Waals surface area (Å²) in [5, 5.41) is 6.61. The second kappa shape index (κ2) is 5.72. The van der Waals surface area contributed by atoms with E-state index in [1.165, 1.54) is 11.3 Å². The molecule has 0 aliphatic carbocycles. The minimum absolute atomic E-state index is 0.339. The second-order valence-corrected chi connectivity index (χ2v) is 5.45. The van der Waals surface area contributed by atoms with E-state index < -0.39 is 0 Å². The van der Waals surface area contributed by atoms with Crippen molar-refractivity contribution in [2.45, 2.75) is 0 Å². The van der Waals surface area contributed by atoms with Crippen molar-refractivity contribution in [3.05, 3.63) is 34.7 Å². The molecule has 0 unspecified atom stereocenters. The van der Waals surface area contributed by atoms with Gasteiger partial charge in [0.1, 0.15) is 16.4 Å². The normalized spacial score (nSPS) is 10.6. The first-order valence-electron chi connectivity index (χ1n) is 6.03. The number of fused-ring (bicyclic) bond motifs is 1. The second-order valence-electron chi connectivity index (χ2n) is 4.15. The number of aromatic nitrogens is 2. The Kier molecular flexibility index (Phi) is 3.78. The predicted molar refractivity (Wildman–Crippen MR) is 86.5 cm³/mol. The molecule has 0 saturated heterocycles. The fourth-order valence-corrected chi connectivity index (χ4v) is 2.80. The van der Waals surface area contributed by atoms with Gasteiger partial charge < -0.3 is 10.1 Å². The van der Waals surface area contributed by atoms with Crippen LogP contribution < -0.4 is 21.3 Å². The van der Waals surface area contributed by atoms with Crippen molar-refractivity contribution >= 4 is 50.6 Å². The van der Waals surface area contributed by atoms with E-state index in [1.807, 2.05) is 11.4 Å². The monoisotopic (exact) mass is 321 g/mol. The van der Waals surface area contributed by atoms with Gasteiger partial charge in [0.15, 0.2) is 0 Å². The van der Waals surface area contributed by atoms with E-state index in [9.17, 15) is 0 Å². The Hall–Kier alpha value is -2.09. The lowest BCUT2D eigenvalue weighted by Crippen LogP contribution is -2.11. The van der Waals surface area contributed by atoms with Crippen molar-refractivity contribution in [2.75, 3.05) is 17.9 Å². The molecule has 2 aromatic heterocycles. The van der Waals surface area contributed by atoms with Gasteiger partial charge in [-0.3, -0.25) is 5.43 Å². The van der Waals surface area contributed by atoms with Crippen LogP contribution in [0.15, 0.2) is 29.6 Å². The lowest BCUT2D eigenvalue weighted by Gasteiger charge is -2.11. The Labute approximate surface area is 129 Å². The number of hydrazine groups is 1. The van der Waals surface area contributed by atoms with Gasteiger partial charge in [-0.05, 0) is 23.6 Å². The molecular weight excluding hydrogens is 310 g/mol. The van der Waals surface area contributed by atoms with Gasteiger partial charge in [0.05, 0.1) is 23.2 Å². The van der Waals surface area contributed by atoms with Crippen LogP contribution in [0.5, 0.6) is 5.75 Å². The molecule has 4 N–H and O–H groups in total. The molecule has 3 rings (SSSR count). The molecule has 0 bridgehead atoms. The number of hydrogen-bond acceptors (Lipinski definition) is 7. The van der Waals surface area contributed by atoms with Gasteiger partial charge in [-0.25, -0.2) is 10.8 Å². The molecule has 3 aromatic rings. The van der Waals surface area contributed by atoms with Crippen LogP contribution in [0, 0.1) is 0 Å². The van der Waals surface area contributed by atoms with Crippen LogP contribution >= 0.6 is 22.9 Å². The van der Waals surface area contributed by atoms with E-state index in [2.05, 4.69) is 20.7 Å². The Morgan fingerprint density at radius 3 is 2.90 bits per heavy atom. The maximum atomic E-state index is 6.20. The van der Waals surface area contributed by atoms with Crippen molar-refractivity contribution in [2.24, 2.45) is 5.84 Å². The van der Waals surface area contributed by atoms with E-state index in [0.29, 0.717) is 28.2 Å². The molecule has 21 heavy (non-hydrogen) atoms. The van der Waals surface area contributed by atoms with Crippen molar-refractivity contribution in [3.63, 3.8) is 0 Å². The molecule has 108 valence electrons. The van der Waals surface area contributed by atoms with Crippen LogP contribution in [0.4, 0.5) is 17.5 Å². The van der Waals surface area contributed by atoms with Crippen molar-refractivity contribution in [1.82, 2.24) is 9.97 Å². The maximum absolute atomic E-state index is 6.20.